The molecule has 0 bridgehead atoms. The van der Waals surface area contributed by atoms with Crippen LogP contribution in [0.5, 0.6) is 0 Å². The van der Waals surface area contributed by atoms with Gasteiger partial charge in [0.2, 0.25) is 0 Å². The number of benzene rings is 2. The van der Waals surface area contributed by atoms with Crippen LogP contribution in [0.1, 0.15) is 21.5 Å². The molecule has 0 radical (unpaired) electrons. The summed E-state index contributed by atoms with van der Waals surface area (Å²) in [5.41, 5.74) is 2.99. The van der Waals surface area contributed by atoms with Gasteiger partial charge in [-0.15, -0.1) is 0 Å². The number of carboxylic acids is 1. The number of carboxylic acid groups (broad SMARTS) is 1. The van der Waals surface area contributed by atoms with E-state index < -0.39 is 5.97 Å². The van der Waals surface area contributed by atoms with Crippen LogP contribution in [0, 0.1) is 11.3 Å². The lowest BCUT2D eigenvalue weighted by Crippen LogP contribution is -2.00. The van der Waals surface area contributed by atoms with E-state index in [-0.39, 0.29) is 5.56 Å². The number of fused-ring (bicyclic) bond motifs is 1. The average molecular weight is 277 g/mol. The van der Waals surface area contributed by atoms with Crippen LogP contribution in [-0.4, -0.2) is 20.6 Å². The van der Waals surface area contributed by atoms with E-state index >= 15 is 0 Å². The molecule has 1 heterocycles. The van der Waals surface area contributed by atoms with Gasteiger partial charge in [0, 0.05) is 6.54 Å². The van der Waals surface area contributed by atoms with E-state index in [2.05, 4.69) is 11.1 Å². The molecule has 5 heteroatoms. The number of hydrogen-bond acceptors (Lipinski definition) is 3. The van der Waals surface area contributed by atoms with Crippen LogP contribution >= 0.6 is 0 Å². The van der Waals surface area contributed by atoms with Crippen molar-refractivity contribution in [2.75, 3.05) is 0 Å². The average Bonchev–Trinajstić information content (AvgIpc) is 2.90. The first-order chi connectivity index (χ1) is 10.2. The summed E-state index contributed by atoms with van der Waals surface area (Å²) >= 11 is 0. The first-order valence-electron chi connectivity index (χ1n) is 6.35. The molecule has 0 atom stereocenters. The molecule has 3 rings (SSSR count). The first kappa shape index (κ1) is 12.9. The molecule has 21 heavy (non-hydrogen) atoms. The molecular weight excluding hydrogens is 266 g/mol. The van der Waals surface area contributed by atoms with Crippen molar-refractivity contribution >= 4 is 17.0 Å². The van der Waals surface area contributed by atoms with Gasteiger partial charge < -0.3 is 9.67 Å². The highest BCUT2D eigenvalue weighted by Gasteiger charge is 2.12. The second-order valence-corrected chi connectivity index (χ2v) is 4.66. The number of aromatic carboxylic acids is 1. The summed E-state index contributed by atoms with van der Waals surface area (Å²) in [5.74, 6) is -0.989. The van der Waals surface area contributed by atoms with Crippen molar-refractivity contribution in [2.45, 2.75) is 6.54 Å². The van der Waals surface area contributed by atoms with Crippen LogP contribution in [0.2, 0.25) is 0 Å². The number of rotatable bonds is 3. The zero-order valence-electron chi connectivity index (χ0n) is 11.0. The number of hydrogen-bond donors (Lipinski definition) is 1. The Morgan fingerprint density at radius 2 is 2.10 bits per heavy atom. The standard InChI is InChI=1S/C16H11N3O2/c17-8-11-3-1-4-12(7-11)9-19-10-18-15-13(16(20)21)5-2-6-14(15)19/h1-7,10H,9H2,(H,20,21). The third-order valence-electron chi connectivity index (χ3n) is 3.29. The van der Waals surface area contributed by atoms with Crippen LogP contribution in [0.15, 0.2) is 48.8 Å². The Kier molecular flexibility index (Phi) is 3.13. The van der Waals surface area contributed by atoms with Crippen molar-refractivity contribution in [2.24, 2.45) is 0 Å². The van der Waals surface area contributed by atoms with Gasteiger partial charge in [-0.1, -0.05) is 18.2 Å². The Labute approximate surface area is 120 Å². The SMILES string of the molecule is N#Cc1cccc(Cn2cnc3c(C(=O)O)cccc32)c1. The highest BCUT2D eigenvalue weighted by Crippen LogP contribution is 2.19. The fraction of sp³-hybridized carbons (Fsp3) is 0.0625. The maximum atomic E-state index is 11.2. The molecule has 102 valence electrons. The Bertz CT molecular complexity index is 875. The van der Waals surface area contributed by atoms with E-state index in [0.717, 1.165) is 11.1 Å². The number of nitriles is 1. The van der Waals surface area contributed by atoms with Gasteiger partial charge in [-0.25, -0.2) is 9.78 Å². The minimum atomic E-state index is -0.989. The van der Waals surface area contributed by atoms with Gasteiger partial charge in [0.1, 0.15) is 5.52 Å². The predicted octanol–water partition coefficient (Wildman–Crippen LogP) is 2.65. The summed E-state index contributed by atoms with van der Waals surface area (Å²) in [7, 11) is 0. The molecule has 1 N–H and O–H groups in total. The van der Waals surface area contributed by atoms with Crippen molar-refractivity contribution in [1.29, 1.82) is 5.26 Å². The van der Waals surface area contributed by atoms with Crippen molar-refractivity contribution in [1.82, 2.24) is 9.55 Å². The lowest BCUT2D eigenvalue weighted by molar-refractivity contribution is 0.0699. The summed E-state index contributed by atoms with van der Waals surface area (Å²) in [4.78, 5) is 15.4. The summed E-state index contributed by atoms with van der Waals surface area (Å²) in [5, 5.41) is 18.1. The maximum absolute atomic E-state index is 11.2. The monoisotopic (exact) mass is 277 g/mol. The quantitative estimate of drug-likeness (QED) is 0.798. The molecule has 5 nitrogen and oxygen atoms in total. The van der Waals surface area contributed by atoms with Gasteiger partial charge >= 0.3 is 5.97 Å². The normalized spacial score (nSPS) is 10.4. The Hall–Kier alpha value is -3.13. The third-order valence-corrected chi connectivity index (χ3v) is 3.29. The highest BCUT2D eigenvalue weighted by atomic mass is 16.4. The van der Waals surface area contributed by atoms with Crippen molar-refractivity contribution in [3.05, 3.63) is 65.5 Å². The van der Waals surface area contributed by atoms with Gasteiger partial charge in [0.15, 0.2) is 0 Å². The van der Waals surface area contributed by atoms with E-state index in [1.54, 1.807) is 18.5 Å². The third kappa shape index (κ3) is 2.35. The molecule has 0 fully saturated rings. The second kappa shape index (κ2) is 5.10. The van der Waals surface area contributed by atoms with E-state index in [4.69, 9.17) is 10.4 Å². The van der Waals surface area contributed by atoms with E-state index in [9.17, 15) is 4.79 Å². The van der Waals surface area contributed by atoms with E-state index in [1.165, 1.54) is 6.07 Å². The fourth-order valence-electron chi connectivity index (χ4n) is 2.32. The largest absolute Gasteiger partial charge is 0.478 e. The van der Waals surface area contributed by atoms with Gasteiger partial charge in [-0.2, -0.15) is 5.26 Å². The molecule has 0 spiro atoms. The topological polar surface area (TPSA) is 78.9 Å². The zero-order valence-corrected chi connectivity index (χ0v) is 11.0. The van der Waals surface area contributed by atoms with Crippen LogP contribution in [-0.2, 0) is 6.54 Å². The van der Waals surface area contributed by atoms with Gasteiger partial charge in [0.05, 0.1) is 29.0 Å². The molecular formula is C16H11N3O2. The van der Waals surface area contributed by atoms with Crippen molar-refractivity contribution < 1.29 is 9.90 Å². The lowest BCUT2D eigenvalue weighted by Gasteiger charge is -2.05. The number of aromatic nitrogens is 2. The zero-order chi connectivity index (χ0) is 14.8. The fourth-order valence-corrected chi connectivity index (χ4v) is 2.32. The number of para-hydroxylation sites is 1. The molecule has 0 amide bonds. The Balaban J connectivity index is 2.04. The van der Waals surface area contributed by atoms with Crippen LogP contribution in [0.4, 0.5) is 0 Å². The predicted molar refractivity (Wildman–Crippen MR) is 77.0 cm³/mol. The smallest absolute Gasteiger partial charge is 0.337 e. The summed E-state index contributed by atoms with van der Waals surface area (Å²) in [6.45, 7) is 0.537. The maximum Gasteiger partial charge on any atom is 0.337 e. The van der Waals surface area contributed by atoms with Crippen LogP contribution < -0.4 is 0 Å². The van der Waals surface area contributed by atoms with Gasteiger partial charge in [-0.05, 0) is 29.8 Å². The van der Waals surface area contributed by atoms with Gasteiger partial charge in [-0.3, -0.25) is 0 Å². The molecule has 0 aliphatic rings. The summed E-state index contributed by atoms with van der Waals surface area (Å²) in [6, 6.07) is 14.5. The molecule has 0 aliphatic carbocycles. The molecule has 1 aromatic heterocycles. The number of carbonyl (C=O) groups is 1. The first-order valence-corrected chi connectivity index (χ1v) is 6.35. The summed E-state index contributed by atoms with van der Waals surface area (Å²) < 4.78 is 1.87. The van der Waals surface area contributed by atoms with Gasteiger partial charge in [0.25, 0.3) is 0 Å². The Morgan fingerprint density at radius 1 is 1.29 bits per heavy atom. The van der Waals surface area contributed by atoms with E-state index in [1.807, 2.05) is 28.8 Å². The van der Waals surface area contributed by atoms with Crippen molar-refractivity contribution in [3.8, 4) is 6.07 Å². The molecule has 0 saturated carbocycles. The molecule has 2 aromatic carbocycles. The Morgan fingerprint density at radius 3 is 2.86 bits per heavy atom. The summed E-state index contributed by atoms with van der Waals surface area (Å²) in [6.07, 6.45) is 1.62. The number of imidazole rings is 1. The van der Waals surface area contributed by atoms with Crippen LogP contribution in [0.25, 0.3) is 11.0 Å². The number of nitrogens with zero attached hydrogens (tertiary/aromatic N) is 3. The second-order valence-electron chi connectivity index (χ2n) is 4.66. The van der Waals surface area contributed by atoms with Crippen molar-refractivity contribution in [3.63, 3.8) is 0 Å². The molecule has 3 aromatic rings. The highest BCUT2D eigenvalue weighted by molar-refractivity contribution is 6.00. The lowest BCUT2D eigenvalue weighted by atomic mass is 10.1. The molecule has 0 aliphatic heterocycles. The van der Waals surface area contributed by atoms with E-state index in [0.29, 0.717) is 17.6 Å². The minimum Gasteiger partial charge on any atom is -0.478 e. The molecule has 0 unspecified atom stereocenters. The van der Waals surface area contributed by atoms with Crippen LogP contribution in [0.3, 0.4) is 0 Å². The molecule has 0 saturated heterocycles. The minimum absolute atomic E-state index is 0.192.